The van der Waals surface area contributed by atoms with Crippen LogP contribution in [0.1, 0.15) is 53.7 Å². The summed E-state index contributed by atoms with van der Waals surface area (Å²) in [5.41, 5.74) is 7.55. The molecule has 0 spiro atoms. The summed E-state index contributed by atoms with van der Waals surface area (Å²) >= 11 is 1.77. The lowest BCUT2D eigenvalue weighted by Crippen LogP contribution is -2.10. The molecule has 1 unspecified atom stereocenters. The summed E-state index contributed by atoms with van der Waals surface area (Å²) in [5.74, 6) is 0.645. The molecule has 1 aromatic heterocycles. The van der Waals surface area contributed by atoms with Crippen LogP contribution in [0.25, 0.3) is 22.4 Å². The number of nitrogens with zero attached hydrogens (tertiary/aromatic N) is 1. The Kier molecular flexibility index (Phi) is 5.03. The van der Waals surface area contributed by atoms with Crippen molar-refractivity contribution in [2.75, 3.05) is 0 Å². The Labute approximate surface area is 176 Å². The lowest BCUT2D eigenvalue weighted by Gasteiger charge is -2.30. The molecular weight excluding hydrogens is 370 g/mol. The molecule has 1 nitrogen and oxygen atoms in total. The standard InChI is InChI=1S/C19H18.C8H7NS/c1-13-12-15-7-3-4-8-16(15)18-11-10-14-6-2-5-9-17(14)19(13)18;1-2-8-7(3-5-10-8)6-9-4-1/h2,4-6,8-11,13H,3,7,12H2,1H3;1-5H,6H2. The normalized spacial score (nSPS) is 19.1. The Morgan fingerprint density at radius 2 is 1.97 bits per heavy atom. The molecule has 0 fully saturated rings. The van der Waals surface area contributed by atoms with Gasteiger partial charge in [-0.1, -0.05) is 61.0 Å². The van der Waals surface area contributed by atoms with Crippen molar-refractivity contribution in [1.29, 1.82) is 0 Å². The first kappa shape index (κ1) is 18.3. The Bertz CT molecular complexity index is 1170. The second-order valence-corrected chi connectivity index (χ2v) is 8.92. The van der Waals surface area contributed by atoms with Crippen LogP contribution in [-0.2, 0) is 6.54 Å². The van der Waals surface area contributed by atoms with E-state index in [1.54, 1.807) is 22.5 Å². The fourth-order valence-electron chi connectivity index (χ4n) is 4.70. The molecule has 29 heavy (non-hydrogen) atoms. The Morgan fingerprint density at radius 1 is 1.03 bits per heavy atom. The average Bonchev–Trinajstić information content (AvgIpc) is 3.09. The average molecular weight is 396 g/mol. The quantitative estimate of drug-likeness (QED) is 0.368. The monoisotopic (exact) mass is 395 g/mol. The fraction of sp³-hybridized carbons (Fsp3) is 0.222. The zero-order chi connectivity index (χ0) is 19.6. The third-order valence-electron chi connectivity index (χ3n) is 6.07. The molecule has 3 aromatic rings. The number of allylic oxidation sites excluding steroid dienone is 5. The molecule has 0 radical (unpaired) electrons. The second kappa shape index (κ2) is 7.96. The molecule has 2 aromatic carbocycles. The first-order chi connectivity index (χ1) is 14.3. The summed E-state index contributed by atoms with van der Waals surface area (Å²) in [7, 11) is 0. The van der Waals surface area contributed by atoms with Crippen molar-refractivity contribution in [3.8, 4) is 0 Å². The van der Waals surface area contributed by atoms with E-state index < -0.39 is 0 Å². The maximum absolute atomic E-state index is 4.18. The van der Waals surface area contributed by atoms with Gasteiger partial charge in [0.1, 0.15) is 0 Å². The van der Waals surface area contributed by atoms with E-state index in [0.717, 1.165) is 6.54 Å². The molecular formula is C27H25NS. The van der Waals surface area contributed by atoms with Crippen LogP contribution in [0.4, 0.5) is 0 Å². The number of hydrogen-bond acceptors (Lipinski definition) is 2. The van der Waals surface area contributed by atoms with Crippen LogP contribution in [0.2, 0.25) is 0 Å². The van der Waals surface area contributed by atoms with Gasteiger partial charge >= 0.3 is 0 Å². The minimum Gasteiger partial charge on any atom is -0.288 e. The van der Waals surface area contributed by atoms with Gasteiger partial charge in [0, 0.05) is 11.1 Å². The van der Waals surface area contributed by atoms with Crippen LogP contribution in [0.15, 0.2) is 76.6 Å². The summed E-state index contributed by atoms with van der Waals surface area (Å²) < 4.78 is 0. The lowest BCUT2D eigenvalue weighted by molar-refractivity contribution is 0.710. The molecule has 0 saturated heterocycles. The Morgan fingerprint density at radius 3 is 2.93 bits per heavy atom. The Hall–Kier alpha value is -2.71. The fourth-order valence-corrected chi connectivity index (χ4v) is 5.52. The third-order valence-corrected chi connectivity index (χ3v) is 6.99. The van der Waals surface area contributed by atoms with Gasteiger partial charge in [0.25, 0.3) is 0 Å². The highest BCUT2D eigenvalue weighted by Gasteiger charge is 2.25. The highest BCUT2D eigenvalue weighted by molar-refractivity contribution is 7.11. The van der Waals surface area contributed by atoms with Crippen molar-refractivity contribution in [3.63, 3.8) is 0 Å². The van der Waals surface area contributed by atoms with Crippen molar-refractivity contribution in [2.45, 2.75) is 38.6 Å². The molecule has 2 heteroatoms. The highest BCUT2D eigenvalue weighted by Crippen LogP contribution is 2.45. The zero-order valence-corrected chi connectivity index (χ0v) is 17.6. The van der Waals surface area contributed by atoms with Gasteiger partial charge in [-0.25, -0.2) is 0 Å². The molecule has 0 N–H and O–H groups in total. The van der Waals surface area contributed by atoms with Gasteiger partial charge in [0.05, 0.1) is 6.54 Å². The first-order valence-corrected chi connectivity index (χ1v) is 11.3. The minimum atomic E-state index is 0.645. The van der Waals surface area contributed by atoms with E-state index in [4.69, 9.17) is 0 Å². The van der Waals surface area contributed by atoms with Crippen molar-refractivity contribution in [3.05, 3.63) is 93.2 Å². The van der Waals surface area contributed by atoms with E-state index >= 15 is 0 Å². The number of hydrogen-bond donors (Lipinski definition) is 0. The largest absolute Gasteiger partial charge is 0.288 e. The second-order valence-electron chi connectivity index (χ2n) is 7.97. The van der Waals surface area contributed by atoms with Gasteiger partial charge in [-0.2, -0.15) is 0 Å². The molecule has 0 bridgehead atoms. The topological polar surface area (TPSA) is 12.4 Å². The zero-order valence-electron chi connectivity index (χ0n) is 16.8. The summed E-state index contributed by atoms with van der Waals surface area (Å²) in [5, 5.41) is 4.92. The molecule has 0 amide bonds. The number of thiophene rings is 1. The predicted molar refractivity (Wildman–Crippen MR) is 128 cm³/mol. The van der Waals surface area contributed by atoms with Gasteiger partial charge in [-0.15, -0.1) is 11.3 Å². The van der Waals surface area contributed by atoms with Crippen molar-refractivity contribution < 1.29 is 0 Å². The smallest absolute Gasteiger partial charge is 0.0653 e. The molecule has 0 saturated carbocycles. The molecule has 6 rings (SSSR count). The Balaban J connectivity index is 0.000000153. The van der Waals surface area contributed by atoms with E-state index in [9.17, 15) is 0 Å². The molecule has 144 valence electrons. The number of fused-ring (bicyclic) bond motifs is 5. The van der Waals surface area contributed by atoms with Crippen LogP contribution in [0.5, 0.6) is 0 Å². The molecule has 2 heterocycles. The maximum Gasteiger partial charge on any atom is 0.0653 e. The van der Waals surface area contributed by atoms with Crippen molar-refractivity contribution in [2.24, 2.45) is 4.99 Å². The lowest BCUT2D eigenvalue weighted by atomic mass is 9.75. The van der Waals surface area contributed by atoms with Gasteiger partial charge in [0.2, 0.25) is 0 Å². The van der Waals surface area contributed by atoms with Crippen LogP contribution in [-0.4, -0.2) is 6.21 Å². The van der Waals surface area contributed by atoms with Crippen LogP contribution < -0.4 is 0 Å². The van der Waals surface area contributed by atoms with E-state index in [2.05, 4.69) is 78.0 Å². The third kappa shape index (κ3) is 3.54. The van der Waals surface area contributed by atoms with Crippen molar-refractivity contribution in [1.82, 2.24) is 0 Å². The van der Waals surface area contributed by atoms with Gasteiger partial charge in [-0.05, 0) is 81.8 Å². The molecule has 2 aliphatic carbocycles. The number of rotatable bonds is 0. The van der Waals surface area contributed by atoms with E-state index in [1.165, 1.54) is 51.6 Å². The van der Waals surface area contributed by atoms with Crippen LogP contribution in [0, 0.1) is 0 Å². The summed E-state index contributed by atoms with van der Waals surface area (Å²) in [6.45, 7) is 3.22. The maximum atomic E-state index is 4.18. The van der Waals surface area contributed by atoms with E-state index in [0.29, 0.717) is 5.92 Å². The molecule has 1 aliphatic heterocycles. The van der Waals surface area contributed by atoms with E-state index in [-0.39, 0.29) is 0 Å². The number of benzene rings is 2. The van der Waals surface area contributed by atoms with Gasteiger partial charge in [-0.3, -0.25) is 4.99 Å². The number of aliphatic imine (C=N–C) groups is 1. The van der Waals surface area contributed by atoms with Crippen LogP contribution in [0.3, 0.4) is 0 Å². The molecule has 3 aliphatic rings. The summed E-state index contributed by atoms with van der Waals surface area (Å²) in [6.07, 6.45) is 14.3. The highest BCUT2D eigenvalue weighted by atomic mass is 32.1. The van der Waals surface area contributed by atoms with Gasteiger partial charge in [0.15, 0.2) is 0 Å². The summed E-state index contributed by atoms with van der Waals surface area (Å²) in [4.78, 5) is 5.52. The van der Waals surface area contributed by atoms with Crippen molar-refractivity contribution >= 4 is 40.0 Å². The summed E-state index contributed by atoms with van der Waals surface area (Å²) in [6, 6.07) is 15.5. The van der Waals surface area contributed by atoms with Crippen LogP contribution >= 0.6 is 11.3 Å². The molecule has 1 atom stereocenters. The minimum absolute atomic E-state index is 0.645. The first-order valence-electron chi connectivity index (χ1n) is 10.4. The van der Waals surface area contributed by atoms with Gasteiger partial charge < -0.3 is 0 Å². The van der Waals surface area contributed by atoms with E-state index in [1.807, 2.05) is 12.3 Å². The predicted octanol–water partition coefficient (Wildman–Crippen LogP) is 7.80. The SMILES string of the molecule is C1=Cc2sccc2CN=C1.CC1CC2=C(C=CCC2)c2ccc3ccccc3c21.